The van der Waals surface area contributed by atoms with E-state index in [-0.39, 0.29) is 10.5 Å². The Morgan fingerprint density at radius 1 is 1.44 bits per heavy atom. The molecule has 1 aromatic heterocycles. The van der Waals surface area contributed by atoms with Crippen LogP contribution >= 0.6 is 0 Å². The van der Waals surface area contributed by atoms with Crippen LogP contribution in [-0.4, -0.2) is 20.5 Å². The zero-order valence-corrected chi connectivity index (χ0v) is 9.00. The van der Waals surface area contributed by atoms with Gasteiger partial charge in [0.25, 0.3) is 10.0 Å². The van der Waals surface area contributed by atoms with Gasteiger partial charge in [0, 0.05) is 6.07 Å². The van der Waals surface area contributed by atoms with Crippen LogP contribution in [0.2, 0.25) is 0 Å². The Kier molecular flexibility index (Phi) is 2.54. The number of fused-ring (bicyclic) bond motifs is 1. The number of benzene rings is 1. The summed E-state index contributed by atoms with van der Waals surface area (Å²) in [6.07, 6.45) is 0. The summed E-state index contributed by atoms with van der Waals surface area (Å²) in [6, 6.07) is 3.99. The number of aromatic nitrogens is 1. The molecule has 1 aromatic carbocycles. The lowest BCUT2D eigenvalue weighted by Gasteiger charge is -2.02. The highest BCUT2D eigenvalue weighted by Crippen LogP contribution is 2.16. The van der Waals surface area contributed by atoms with Crippen molar-refractivity contribution in [3.05, 3.63) is 28.7 Å². The Balaban J connectivity index is 2.59. The van der Waals surface area contributed by atoms with Gasteiger partial charge in [-0.3, -0.25) is 9.82 Å². The summed E-state index contributed by atoms with van der Waals surface area (Å²) in [4.78, 5) is 19.4. The first kappa shape index (κ1) is 10.9. The first-order valence-corrected chi connectivity index (χ1v) is 5.69. The minimum Gasteiger partial charge on any atom is -0.408 e. The molecule has 0 aliphatic carbocycles. The normalized spacial score (nSPS) is 12.1. The van der Waals surface area contributed by atoms with E-state index in [1.165, 1.54) is 25.3 Å². The van der Waals surface area contributed by atoms with Crippen LogP contribution in [0.3, 0.4) is 0 Å². The number of nitrogens with one attached hydrogen (secondary N) is 2. The molecule has 2 aromatic rings. The maximum absolute atomic E-state index is 11.5. The van der Waals surface area contributed by atoms with E-state index < -0.39 is 15.8 Å². The molecule has 0 aliphatic rings. The molecule has 0 atom stereocenters. The van der Waals surface area contributed by atoms with Crippen LogP contribution in [0.1, 0.15) is 0 Å². The maximum atomic E-state index is 11.5. The van der Waals surface area contributed by atoms with Crippen molar-refractivity contribution >= 4 is 21.1 Å². The van der Waals surface area contributed by atoms with Crippen molar-refractivity contribution in [3.8, 4) is 0 Å². The van der Waals surface area contributed by atoms with Gasteiger partial charge >= 0.3 is 5.76 Å². The summed E-state index contributed by atoms with van der Waals surface area (Å²) >= 11 is 0. The monoisotopic (exact) mass is 244 g/mol. The van der Waals surface area contributed by atoms with Crippen molar-refractivity contribution < 1.29 is 17.7 Å². The third kappa shape index (κ3) is 1.85. The molecule has 0 radical (unpaired) electrons. The van der Waals surface area contributed by atoms with Gasteiger partial charge in [-0.15, -0.1) is 0 Å². The van der Waals surface area contributed by atoms with Gasteiger partial charge < -0.3 is 4.42 Å². The molecule has 2 rings (SSSR count). The number of oxazole rings is 1. The van der Waals surface area contributed by atoms with Gasteiger partial charge in [-0.25, -0.2) is 13.2 Å². The van der Waals surface area contributed by atoms with E-state index >= 15 is 0 Å². The second-order valence-electron chi connectivity index (χ2n) is 2.96. The Morgan fingerprint density at radius 3 is 2.88 bits per heavy atom. The van der Waals surface area contributed by atoms with Crippen LogP contribution < -0.4 is 10.6 Å². The van der Waals surface area contributed by atoms with E-state index in [1.807, 2.05) is 4.89 Å². The fourth-order valence-corrected chi connectivity index (χ4v) is 2.08. The molecule has 0 bridgehead atoms. The molecule has 16 heavy (non-hydrogen) atoms. The molecule has 0 fully saturated rings. The third-order valence-corrected chi connectivity index (χ3v) is 3.16. The Hall–Kier alpha value is -1.64. The number of hydrogen-bond donors (Lipinski definition) is 2. The van der Waals surface area contributed by atoms with Crippen LogP contribution in [0.25, 0.3) is 11.1 Å². The number of H-pyrrole nitrogens is 1. The number of aromatic amines is 1. The molecule has 86 valence electrons. The van der Waals surface area contributed by atoms with Crippen LogP contribution in [0.15, 0.2) is 32.3 Å². The van der Waals surface area contributed by atoms with Gasteiger partial charge in [-0.1, -0.05) is 4.89 Å². The van der Waals surface area contributed by atoms with Crippen LogP contribution in [0, 0.1) is 0 Å². The molecule has 8 heteroatoms. The lowest BCUT2D eigenvalue weighted by molar-refractivity contribution is 0.153. The average Bonchev–Trinajstić information content (AvgIpc) is 2.56. The predicted molar refractivity (Wildman–Crippen MR) is 54.2 cm³/mol. The quantitative estimate of drug-likeness (QED) is 0.738. The van der Waals surface area contributed by atoms with Crippen LogP contribution in [0.4, 0.5) is 0 Å². The first-order chi connectivity index (χ1) is 7.53. The standard InChI is InChI=1S/C8H8N2O5S/c1-14-10-16(12,13)5-2-3-6-7(4-5)15-8(11)9-6/h2-4,10H,1H3,(H,9,11). The minimum atomic E-state index is -3.74. The van der Waals surface area contributed by atoms with E-state index in [9.17, 15) is 13.2 Å². The number of hydrogen-bond acceptors (Lipinski definition) is 5. The highest BCUT2D eigenvalue weighted by molar-refractivity contribution is 7.89. The molecule has 0 unspecified atom stereocenters. The number of sulfonamides is 1. The largest absolute Gasteiger partial charge is 0.417 e. The summed E-state index contributed by atoms with van der Waals surface area (Å²) in [5, 5.41) is 0. The van der Waals surface area contributed by atoms with Crippen molar-refractivity contribution in [1.82, 2.24) is 9.87 Å². The highest BCUT2D eigenvalue weighted by atomic mass is 32.2. The van der Waals surface area contributed by atoms with Gasteiger partial charge in [0.15, 0.2) is 5.58 Å². The van der Waals surface area contributed by atoms with Crippen LogP contribution in [0.5, 0.6) is 0 Å². The summed E-state index contributed by atoms with van der Waals surface area (Å²) < 4.78 is 27.8. The fraction of sp³-hybridized carbons (Fsp3) is 0.125. The molecule has 2 N–H and O–H groups in total. The van der Waals surface area contributed by atoms with Gasteiger partial charge in [-0.2, -0.15) is 0 Å². The maximum Gasteiger partial charge on any atom is 0.417 e. The molecule has 1 heterocycles. The molecule has 7 nitrogen and oxygen atoms in total. The van der Waals surface area contributed by atoms with Crippen molar-refractivity contribution in [2.75, 3.05) is 7.11 Å². The van der Waals surface area contributed by atoms with E-state index in [2.05, 4.69) is 9.82 Å². The van der Waals surface area contributed by atoms with Gasteiger partial charge in [0.1, 0.15) is 0 Å². The smallest absolute Gasteiger partial charge is 0.408 e. The summed E-state index contributed by atoms with van der Waals surface area (Å²) in [5.74, 6) is -0.635. The van der Waals surface area contributed by atoms with E-state index in [0.29, 0.717) is 5.52 Å². The zero-order chi connectivity index (χ0) is 11.8. The van der Waals surface area contributed by atoms with Gasteiger partial charge in [0.05, 0.1) is 17.5 Å². The van der Waals surface area contributed by atoms with Crippen molar-refractivity contribution in [2.24, 2.45) is 0 Å². The lowest BCUT2D eigenvalue weighted by Crippen LogP contribution is -2.22. The fourth-order valence-electron chi connectivity index (χ4n) is 1.25. The Bertz CT molecular complexity index is 669. The third-order valence-electron chi connectivity index (χ3n) is 1.90. The first-order valence-electron chi connectivity index (χ1n) is 4.20. The lowest BCUT2D eigenvalue weighted by atomic mass is 10.3. The highest BCUT2D eigenvalue weighted by Gasteiger charge is 2.15. The van der Waals surface area contributed by atoms with Crippen molar-refractivity contribution in [2.45, 2.75) is 4.90 Å². The molecule has 0 spiro atoms. The van der Waals surface area contributed by atoms with Gasteiger partial charge in [-0.05, 0) is 12.1 Å². The molecule has 0 saturated heterocycles. The van der Waals surface area contributed by atoms with E-state index in [0.717, 1.165) is 0 Å². The summed E-state index contributed by atoms with van der Waals surface area (Å²) in [7, 11) is -2.55. The minimum absolute atomic E-state index is 0.0513. The molecular formula is C8H8N2O5S. The Morgan fingerprint density at radius 2 is 2.19 bits per heavy atom. The van der Waals surface area contributed by atoms with E-state index in [1.54, 1.807) is 0 Å². The topological polar surface area (TPSA) is 101 Å². The molecule has 0 saturated carbocycles. The van der Waals surface area contributed by atoms with Crippen molar-refractivity contribution in [3.63, 3.8) is 0 Å². The summed E-state index contributed by atoms with van der Waals surface area (Å²) in [6.45, 7) is 0. The predicted octanol–water partition coefficient (Wildman–Crippen LogP) is -0.0392. The summed E-state index contributed by atoms with van der Waals surface area (Å²) in [5.41, 5.74) is 0.602. The SMILES string of the molecule is CONS(=O)(=O)c1ccc2[nH]c(=O)oc2c1. The Labute approximate surface area is 90.0 Å². The number of rotatable bonds is 3. The van der Waals surface area contributed by atoms with E-state index in [4.69, 9.17) is 4.42 Å². The second kappa shape index (κ2) is 3.74. The van der Waals surface area contributed by atoms with Crippen LogP contribution in [-0.2, 0) is 14.9 Å². The molecular weight excluding hydrogens is 236 g/mol. The molecule has 0 aliphatic heterocycles. The average molecular weight is 244 g/mol. The zero-order valence-electron chi connectivity index (χ0n) is 8.18. The second-order valence-corrected chi connectivity index (χ2v) is 4.61. The van der Waals surface area contributed by atoms with Crippen molar-refractivity contribution in [1.29, 1.82) is 0 Å². The van der Waals surface area contributed by atoms with Gasteiger partial charge in [0.2, 0.25) is 0 Å². The molecule has 0 amide bonds.